The number of hydrogen-bond donors (Lipinski definition) is 1. The zero-order valence-electron chi connectivity index (χ0n) is 22.1. The molecule has 0 aliphatic carbocycles. The third-order valence-corrected chi connectivity index (χ3v) is 8.92. The highest BCUT2D eigenvalue weighted by molar-refractivity contribution is 7.89. The van der Waals surface area contributed by atoms with Gasteiger partial charge in [-0.15, -0.1) is 0 Å². The molecule has 4 rings (SSSR count). The van der Waals surface area contributed by atoms with Crippen LogP contribution in [0.1, 0.15) is 36.1 Å². The van der Waals surface area contributed by atoms with Gasteiger partial charge in [-0.3, -0.25) is 14.5 Å². The fourth-order valence-corrected chi connectivity index (χ4v) is 5.80. The van der Waals surface area contributed by atoms with Gasteiger partial charge in [-0.2, -0.15) is 0 Å². The number of carbonyl (C=O) groups excluding carboxylic acids is 2. The summed E-state index contributed by atoms with van der Waals surface area (Å²) in [7, 11) is -0.922. The van der Waals surface area contributed by atoms with Crippen LogP contribution in [0.25, 0.3) is 5.76 Å². The van der Waals surface area contributed by atoms with E-state index in [9.17, 15) is 23.1 Å². The number of sulfonamides is 1. The zero-order chi connectivity index (χ0) is 27.4. The lowest BCUT2D eigenvalue weighted by molar-refractivity contribution is -0.140. The number of morpholine rings is 1. The molecule has 2 heterocycles. The number of ether oxygens (including phenoxy) is 1. The van der Waals surface area contributed by atoms with Crippen molar-refractivity contribution in [3.05, 3.63) is 70.8 Å². The second kappa shape index (κ2) is 11.8. The molecule has 1 unspecified atom stereocenters. The van der Waals surface area contributed by atoms with E-state index in [0.29, 0.717) is 31.7 Å². The third kappa shape index (κ3) is 5.68. The average molecular weight is 542 g/mol. The van der Waals surface area contributed by atoms with E-state index in [1.165, 1.54) is 43.3 Å². The topological polar surface area (TPSA) is 107 Å². The van der Waals surface area contributed by atoms with Gasteiger partial charge >= 0.3 is 0 Å². The van der Waals surface area contributed by atoms with Gasteiger partial charge in [0.15, 0.2) is 0 Å². The molecular formula is C28H35N3O6S. The summed E-state index contributed by atoms with van der Waals surface area (Å²) in [5.74, 6) is -1.84. The Morgan fingerprint density at radius 2 is 1.74 bits per heavy atom. The van der Waals surface area contributed by atoms with Crippen LogP contribution in [0.3, 0.4) is 0 Å². The van der Waals surface area contributed by atoms with E-state index in [0.717, 1.165) is 35.9 Å². The zero-order valence-corrected chi connectivity index (χ0v) is 22.9. The highest BCUT2D eigenvalue weighted by Crippen LogP contribution is 2.39. The molecule has 0 saturated carbocycles. The van der Waals surface area contributed by atoms with Gasteiger partial charge in [0.1, 0.15) is 5.76 Å². The predicted molar refractivity (Wildman–Crippen MR) is 144 cm³/mol. The Bertz CT molecular complexity index is 1310. The molecule has 0 radical (unpaired) electrons. The summed E-state index contributed by atoms with van der Waals surface area (Å²) >= 11 is 0. The Balaban J connectivity index is 1.73. The van der Waals surface area contributed by atoms with Gasteiger partial charge in [0.05, 0.1) is 29.7 Å². The number of ketones is 1. The van der Waals surface area contributed by atoms with Crippen molar-refractivity contribution in [1.29, 1.82) is 0 Å². The number of aliphatic hydroxyl groups is 1. The lowest BCUT2D eigenvalue weighted by Gasteiger charge is -2.29. The number of nitrogens with zero attached hydrogens (tertiary/aromatic N) is 3. The van der Waals surface area contributed by atoms with Gasteiger partial charge in [0, 0.05) is 45.8 Å². The maximum Gasteiger partial charge on any atom is 0.295 e. The molecule has 0 bridgehead atoms. The molecule has 204 valence electrons. The summed E-state index contributed by atoms with van der Waals surface area (Å²) in [6.45, 7) is 6.15. The molecule has 2 saturated heterocycles. The molecule has 1 amide bonds. The first-order chi connectivity index (χ1) is 18.1. The van der Waals surface area contributed by atoms with Crippen LogP contribution >= 0.6 is 0 Å². The van der Waals surface area contributed by atoms with Crippen molar-refractivity contribution in [1.82, 2.24) is 14.1 Å². The normalized spacial score (nSPS) is 20.4. The molecule has 2 aromatic carbocycles. The average Bonchev–Trinajstić information content (AvgIpc) is 3.18. The van der Waals surface area contributed by atoms with Crippen LogP contribution in [0.4, 0.5) is 0 Å². The molecule has 1 N–H and O–H groups in total. The van der Waals surface area contributed by atoms with Crippen LogP contribution in [0, 0.1) is 0 Å². The van der Waals surface area contributed by atoms with E-state index in [1.807, 2.05) is 31.2 Å². The van der Waals surface area contributed by atoms with E-state index in [2.05, 4.69) is 4.90 Å². The third-order valence-electron chi connectivity index (χ3n) is 7.11. The summed E-state index contributed by atoms with van der Waals surface area (Å²) in [5.41, 5.74) is 1.95. The van der Waals surface area contributed by atoms with Crippen molar-refractivity contribution < 1.29 is 27.9 Å². The van der Waals surface area contributed by atoms with Crippen molar-refractivity contribution in [2.45, 2.75) is 30.7 Å². The van der Waals surface area contributed by atoms with Crippen molar-refractivity contribution in [3.8, 4) is 0 Å². The number of rotatable bonds is 9. The molecule has 10 heteroatoms. The number of Topliss-reactive ketones (excluding diaryl/α,β-unsaturated/α-hetero) is 1. The standard InChI is InChI=1S/C28H35N3O6S/c1-4-20-9-11-21(12-10-20)25-24(26(32)22-7-5-8-23(19-22)38(35,36)29(2)3)27(33)28(34)31(25)14-6-13-30-15-17-37-18-16-30/h5,7-12,19,25,32H,4,6,13-18H2,1-3H3/b26-24+. The molecule has 9 nitrogen and oxygen atoms in total. The smallest absolute Gasteiger partial charge is 0.295 e. The van der Waals surface area contributed by atoms with Gasteiger partial charge in [-0.05, 0) is 36.1 Å². The first-order valence-corrected chi connectivity index (χ1v) is 14.3. The molecule has 0 aromatic heterocycles. The van der Waals surface area contributed by atoms with Crippen LogP contribution in [0.2, 0.25) is 0 Å². The van der Waals surface area contributed by atoms with Gasteiger partial charge in [0.25, 0.3) is 11.7 Å². The van der Waals surface area contributed by atoms with Crippen molar-refractivity contribution in [3.63, 3.8) is 0 Å². The van der Waals surface area contributed by atoms with Gasteiger partial charge in [-0.25, -0.2) is 12.7 Å². The lowest BCUT2D eigenvalue weighted by Crippen LogP contribution is -2.38. The van der Waals surface area contributed by atoms with Gasteiger partial charge < -0.3 is 14.7 Å². The second-order valence-electron chi connectivity index (χ2n) is 9.71. The van der Waals surface area contributed by atoms with E-state index in [4.69, 9.17) is 4.74 Å². The number of hydrogen-bond acceptors (Lipinski definition) is 7. The van der Waals surface area contributed by atoms with Crippen molar-refractivity contribution in [2.75, 3.05) is 53.5 Å². The molecular weight excluding hydrogens is 506 g/mol. The van der Waals surface area contributed by atoms with Gasteiger partial charge in [-0.1, -0.05) is 43.3 Å². The molecule has 0 spiro atoms. The lowest BCUT2D eigenvalue weighted by atomic mass is 9.94. The fourth-order valence-electron chi connectivity index (χ4n) is 4.85. The Morgan fingerprint density at radius 3 is 2.37 bits per heavy atom. The minimum Gasteiger partial charge on any atom is -0.507 e. The molecule has 1 atom stereocenters. The predicted octanol–water partition coefficient (Wildman–Crippen LogP) is 2.64. The quantitative estimate of drug-likeness (QED) is 0.295. The van der Waals surface area contributed by atoms with Gasteiger partial charge in [0.2, 0.25) is 10.0 Å². The Morgan fingerprint density at radius 1 is 1.05 bits per heavy atom. The number of aliphatic hydroxyl groups excluding tert-OH is 1. The fraction of sp³-hybridized carbons (Fsp3) is 0.429. The minimum atomic E-state index is -3.76. The Labute approximate surface area is 224 Å². The van der Waals surface area contributed by atoms with E-state index >= 15 is 0 Å². The summed E-state index contributed by atoms with van der Waals surface area (Å²) in [5, 5.41) is 11.4. The van der Waals surface area contributed by atoms with Crippen molar-refractivity contribution in [2.24, 2.45) is 0 Å². The monoisotopic (exact) mass is 541 g/mol. The van der Waals surface area contributed by atoms with Crippen LogP contribution in [-0.2, 0) is 30.8 Å². The summed E-state index contributed by atoms with van der Waals surface area (Å²) in [4.78, 5) is 30.4. The first kappa shape index (κ1) is 28.0. The maximum absolute atomic E-state index is 13.3. The van der Waals surface area contributed by atoms with Crippen LogP contribution in [0.5, 0.6) is 0 Å². The molecule has 38 heavy (non-hydrogen) atoms. The Kier molecular flexibility index (Phi) is 8.67. The number of benzene rings is 2. The highest BCUT2D eigenvalue weighted by atomic mass is 32.2. The number of amides is 1. The van der Waals surface area contributed by atoms with E-state index < -0.39 is 27.8 Å². The second-order valence-corrected chi connectivity index (χ2v) is 11.9. The first-order valence-electron chi connectivity index (χ1n) is 12.9. The molecule has 2 aromatic rings. The Hall–Kier alpha value is -3.05. The number of carbonyl (C=O) groups is 2. The molecule has 2 fully saturated rings. The molecule has 2 aliphatic heterocycles. The maximum atomic E-state index is 13.3. The number of aryl methyl sites for hydroxylation is 1. The SMILES string of the molecule is CCc1ccc(C2/C(=C(\O)c3cccc(S(=O)(=O)N(C)C)c3)C(=O)C(=O)N2CCCN2CCOCC2)cc1. The van der Waals surface area contributed by atoms with E-state index in [-0.39, 0.29) is 21.8 Å². The summed E-state index contributed by atoms with van der Waals surface area (Å²) < 4.78 is 31.8. The highest BCUT2D eigenvalue weighted by Gasteiger charge is 2.45. The van der Waals surface area contributed by atoms with Crippen molar-refractivity contribution >= 4 is 27.5 Å². The van der Waals surface area contributed by atoms with E-state index in [1.54, 1.807) is 0 Å². The minimum absolute atomic E-state index is 0.0184. The largest absolute Gasteiger partial charge is 0.507 e. The number of likely N-dealkylation sites (tertiary alicyclic amines) is 1. The summed E-state index contributed by atoms with van der Waals surface area (Å²) in [6.07, 6.45) is 1.50. The van der Waals surface area contributed by atoms with Crippen LogP contribution < -0.4 is 0 Å². The molecule has 2 aliphatic rings. The van der Waals surface area contributed by atoms with Crippen LogP contribution in [0.15, 0.2) is 59.0 Å². The summed E-state index contributed by atoms with van der Waals surface area (Å²) in [6, 6.07) is 12.7. The van der Waals surface area contributed by atoms with Crippen LogP contribution in [-0.4, -0.2) is 92.8 Å².